The van der Waals surface area contributed by atoms with Gasteiger partial charge < -0.3 is 25.7 Å². The molecular weight excluding hydrogens is 935 g/mol. The molecule has 0 heterocycles. The predicted molar refractivity (Wildman–Crippen MR) is 334 cm³/mol. The molecule has 4 unspecified atom stereocenters. The standard InChI is InChI=1S/C70H137NO5/c1-3-5-7-9-11-13-15-17-19-21-23-25-27-29-31-33-35-37-39-41-43-45-47-49-51-53-55-57-59-61-63-67(73)69(75)66(65-72)71-70(76)68(74)64-62-60-58-56-54-52-50-48-46-44-42-40-38-36-34-32-30-28-26-24-22-20-18-16-14-12-10-8-6-4-2/h24,26,30,32,66-69,72-75H,3-23,25,27-29,31,33-65H2,1-2H3,(H,71,76)/b26-24-,32-30-. The van der Waals surface area contributed by atoms with E-state index in [1.165, 1.54) is 315 Å². The molecule has 5 N–H and O–H groups in total. The third-order valence-corrected chi connectivity index (χ3v) is 16.7. The Balaban J connectivity index is 3.54. The highest BCUT2D eigenvalue weighted by atomic mass is 16.3. The van der Waals surface area contributed by atoms with E-state index in [9.17, 15) is 25.2 Å². The van der Waals surface area contributed by atoms with Crippen LogP contribution in [0.2, 0.25) is 0 Å². The van der Waals surface area contributed by atoms with Crippen LogP contribution in [-0.4, -0.2) is 57.3 Å². The number of aliphatic hydroxyl groups excluding tert-OH is 4. The Morgan fingerprint density at radius 3 is 0.829 bits per heavy atom. The fourth-order valence-electron chi connectivity index (χ4n) is 11.3. The van der Waals surface area contributed by atoms with Crippen molar-refractivity contribution in [3.8, 4) is 0 Å². The molecule has 0 rings (SSSR count). The van der Waals surface area contributed by atoms with Crippen LogP contribution in [0.5, 0.6) is 0 Å². The van der Waals surface area contributed by atoms with Crippen LogP contribution in [0.4, 0.5) is 0 Å². The van der Waals surface area contributed by atoms with Crippen molar-refractivity contribution < 1.29 is 25.2 Å². The molecule has 0 bridgehead atoms. The number of rotatable bonds is 65. The average molecular weight is 1070 g/mol. The van der Waals surface area contributed by atoms with Gasteiger partial charge in [0.15, 0.2) is 0 Å². The molecule has 0 aromatic heterocycles. The molecule has 0 aliphatic heterocycles. The molecule has 1 amide bonds. The molecular formula is C70H137NO5. The Hall–Kier alpha value is -1.21. The summed E-state index contributed by atoms with van der Waals surface area (Å²) in [5.74, 6) is -0.577. The SMILES string of the molecule is CCCCCCCCCCC/C=C\C/C=C\CCCCCCCCCCCCCCCCC(O)C(=O)NC(CO)C(O)C(O)CCCCCCCCCCCCCCCCCCCCCCCCCCCCCCCC. The van der Waals surface area contributed by atoms with Crippen LogP contribution in [-0.2, 0) is 4.79 Å². The average Bonchev–Trinajstić information content (AvgIpc) is 3.42. The van der Waals surface area contributed by atoms with E-state index in [2.05, 4.69) is 43.5 Å². The van der Waals surface area contributed by atoms with Crippen molar-refractivity contribution in [3.05, 3.63) is 24.3 Å². The highest BCUT2D eigenvalue weighted by molar-refractivity contribution is 5.80. The van der Waals surface area contributed by atoms with Crippen molar-refractivity contribution in [2.45, 2.75) is 411 Å². The van der Waals surface area contributed by atoms with Crippen molar-refractivity contribution in [2.24, 2.45) is 0 Å². The highest BCUT2D eigenvalue weighted by Crippen LogP contribution is 2.20. The number of carbonyl (C=O) groups is 1. The van der Waals surface area contributed by atoms with E-state index >= 15 is 0 Å². The summed E-state index contributed by atoms with van der Waals surface area (Å²) in [5, 5.41) is 44.3. The molecule has 0 spiro atoms. The lowest BCUT2D eigenvalue weighted by molar-refractivity contribution is -0.132. The fraction of sp³-hybridized carbons (Fsp3) is 0.929. The Morgan fingerprint density at radius 2 is 0.566 bits per heavy atom. The molecule has 0 fully saturated rings. The smallest absolute Gasteiger partial charge is 0.249 e. The van der Waals surface area contributed by atoms with Crippen LogP contribution in [0.25, 0.3) is 0 Å². The van der Waals surface area contributed by atoms with Crippen LogP contribution < -0.4 is 5.32 Å². The van der Waals surface area contributed by atoms with Gasteiger partial charge in [-0.25, -0.2) is 0 Å². The Morgan fingerprint density at radius 1 is 0.329 bits per heavy atom. The minimum atomic E-state index is -1.26. The van der Waals surface area contributed by atoms with E-state index in [0.717, 1.165) is 44.9 Å². The van der Waals surface area contributed by atoms with Gasteiger partial charge in [0.1, 0.15) is 12.2 Å². The zero-order valence-electron chi connectivity index (χ0n) is 51.5. The lowest BCUT2D eigenvalue weighted by Gasteiger charge is -2.27. The van der Waals surface area contributed by atoms with E-state index in [1.54, 1.807) is 0 Å². The first-order valence-electron chi connectivity index (χ1n) is 34.7. The molecule has 452 valence electrons. The van der Waals surface area contributed by atoms with Gasteiger partial charge in [0, 0.05) is 0 Å². The van der Waals surface area contributed by atoms with Crippen molar-refractivity contribution >= 4 is 5.91 Å². The quantitative estimate of drug-likeness (QED) is 0.0308. The van der Waals surface area contributed by atoms with Crippen molar-refractivity contribution in [3.63, 3.8) is 0 Å². The normalized spacial score (nSPS) is 13.6. The summed E-state index contributed by atoms with van der Waals surface area (Å²) in [4.78, 5) is 12.7. The van der Waals surface area contributed by atoms with Crippen LogP contribution >= 0.6 is 0 Å². The van der Waals surface area contributed by atoms with E-state index in [0.29, 0.717) is 12.8 Å². The first-order chi connectivity index (χ1) is 37.5. The number of allylic oxidation sites excluding steroid dienone is 4. The van der Waals surface area contributed by atoms with Gasteiger partial charge in [-0.2, -0.15) is 0 Å². The summed E-state index contributed by atoms with van der Waals surface area (Å²) in [6.07, 6.45) is 81.5. The first kappa shape index (κ1) is 74.8. The van der Waals surface area contributed by atoms with Gasteiger partial charge >= 0.3 is 0 Å². The molecule has 0 saturated carbocycles. The second-order valence-corrected chi connectivity index (χ2v) is 24.2. The number of amides is 1. The molecule has 0 saturated heterocycles. The molecule has 4 atom stereocenters. The molecule has 0 radical (unpaired) electrons. The number of hydrogen-bond acceptors (Lipinski definition) is 5. The minimum absolute atomic E-state index is 0.371. The summed E-state index contributed by atoms with van der Waals surface area (Å²) < 4.78 is 0. The maximum Gasteiger partial charge on any atom is 0.249 e. The van der Waals surface area contributed by atoms with Crippen LogP contribution in [0, 0.1) is 0 Å². The van der Waals surface area contributed by atoms with Crippen molar-refractivity contribution in [1.82, 2.24) is 5.32 Å². The monoisotopic (exact) mass is 1070 g/mol. The summed E-state index contributed by atoms with van der Waals surface area (Å²) in [6.45, 7) is 4.11. The van der Waals surface area contributed by atoms with Gasteiger partial charge in [0.05, 0.1) is 18.8 Å². The topological polar surface area (TPSA) is 110 Å². The summed E-state index contributed by atoms with van der Waals surface area (Å²) >= 11 is 0. The summed E-state index contributed by atoms with van der Waals surface area (Å²) in [7, 11) is 0. The third-order valence-electron chi connectivity index (χ3n) is 16.7. The molecule has 0 aliphatic rings. The van der Waals surface area contributed by atoms with Crippen LogP contribution in [0.3, 0.4) is 0 Å². The van der Waals surface area contributed by atoms with E-state index in [4.69, 9.17) is 0 Å². The van der Waals surface area contributed by atoms with Gasteiger partial charge in [-0.15, -0.1) is 0 Å². The van der Waals surface area contributed by atoms with Crippen molar-refractivity contribution in [2.75, 3.05) is 6.61 Å². The lowest BCUT2D eigenvalue weighted by Crippen LogP contribution is -2.53. The predicted octanol–water partition coefficient (Wildman–Crippen LogP) is 21.3. The number of unbranched alkanes of at least 4 members (excludes halogenated alkanes) is 52. The largest absolute Gasteiger partial charge is 0.394 e. The van der Waals surface area contributed by atoms with Crippen molar-refractivity contribution in [1.29, 1.82) is 0 Å². The molecule has 0 aromatic carbocycles. The minimum Gasteiger partial charge on any atom is -0.394 e. The van der Waals surface area contributed by atoms with Gasteiger partial charge in [0.25, 0.3) is 0 Å². The van der Waals surface area contributed by atoms with E-state index < -0.39 is 36.9 Å². The maximum absolute atomic E-state index is 12.7. The molecule has 6 heteroatoms. The number of aliphatic hydroxyl groups is 4. The van der Waals surface area contributed by atoms with Gasteiger partial charge in [0.2, 0.25) is 5.91 Å². The lowest BCUT2D eigenvalue weighted by atomic mass is 9.99. The summed E-state index contributed by atoms with van der Waals surface area (Å²) in [5.41, 5.74) is 0. The molecule has 0 aliphatic carbocycles. The first-order valence-corrected chi connectivity index (χ1v) is 34.7. The zero-order valence-corrected chi connectivity index (χ0v) is 51.5. The molecule has 6 nitrogen and oxygen atoms in total. The zero-order chi connectivity index (χ0) is 55.1. The maximum atomic E-state index is 12.7. The molecule has 76 heavy (non-hydrogen) atoms. The Bertz CT molecular complexity index is 1160. The fourth-order valence-corrected chi connectivity index (χ4v) is 11.3. The van der Waals surface area contributed by atoms with E-state index in [-0.39, 0.29) is 0 Å². The van der Waals surface area contributed by atoms with Gasteiger partial charge in [-0.1, -0.05) is 366 Å². The van der Waals surface area contributed by atoms with Crippen LogP contribution in [0.15, 0.2) is 24.3 Å². The Kier molecular flexibility index (Phi) is 63.6. The third kappa shape index (κ3) is 57.5. The van der Waals surface area contributed by atoms with E-state index in [1.807, 2.05) is 0 Å². The van der Waals surface area contributed by atoms with Gasteiger partial charge in [-0.3, -0.25) is 4.79 Å². The number of carbonyl (C=O) groups excluding carboxylic acids is 1. The number of nitrogens with one attached hydrogen (secondary N) is 1. The summed E-state index contributed by atoms with van der Waals surface area (Å²) in [6, 6.07) is -0.986. The van der Waals surface area contributed by atoms with Gasteiger partial charge in [-0.05, 0) is 44.9 Å². The highest BCUT2D eigenvalue weighted by Gasteiger charge is 2.28. The Labute approximate surface area is 475 Å². The van der Waals surface area contributed by atoms with Crippen LogP contribution in [0.1, 0.15) is 386 Å². The second-order valence-electron chi connectivity index (χ2n) is 24.2. The number of hydrogen-bond donors (Lipinski definition) is 5. The molecule has 0 aromatic rings. The second kappa shape index (κ2) is 64.6.